The average Bonchev–Trinajstić information content (AvgIpc) is 3.43. The maximum atomic E-state index is 14.5. The number of halogens is 2. The summed E-state index contributed by atoms with van der Waals surface area (Å²) in [6.45, 7) is 0. The molecule has 8 heteroatoms. The van der Waals surface area contributed by atoms with E-state index in [9.17, 15) is 8.78 Å². The van der Waals surface area contributed by atoms with Crippen molar-refractivity contribution in [2.75, 3.05) is 0 Å². The molecule has 5 rings (SSSR count). The Labute approximate surface area is 175 Å². The van der Waals surface area contributed by atoms with Crippen molar-refractivity contribution < 1.29 is 13.3 Å². The molecular weight excluding hydrogens is 400 g/mol. The fourth-order valence-corrected chi connectivity index (χ4v) is 3.30. The van der Waals surface area contributed by atoms with Crippen LogP contribution in [0.3, 0.4) is 0 Å². The van der Waals surface area contributed by atoms with Crippen LogP contribution in [0.5, 0.6) is 0 Å². The third kappa shape index (κ3) is 3.59. The Morgan fingerprint density at radius 1 is 0.806 bits per heavy atom. The molecular formula is C23H15F2N5O. The largest absolute Gasteiger partial charge is 0.332 e. The van der Waals surface area contributed by atoms with E-state index in [0.717, 1.165) is 5.56 Å². The highest BCUT2D eigenvalue weighted by Gasteiger charge is 2.23. The first-order valence-corrected chi connectivity index (χ1v) is 9.53. The van der Waals surface area contributed by atoms with Crippen LogP contribution >= 0.6 is 0 Å². The molecule has 0 fully saturated rings. The molecule has 0 saturated heterocycles. The zero-order valence-corrected chi connectivity index (χ0v) is 16.1. The third-order valence-corrected chi connectivity index (χ3v) is 4.80. The minimum atomic E-state index is -0.464. The molecule has 0 aliphatic heterocycles. The second-order valence-corrected chi connectivity index (χ2v) is 6.81. The highest BCUT2D eigenvalue weighted by atomic mass is 19.1. The predicted octanol–water partition coefficient (Wildman–Crippen LogP) is 4.85. The molecule has 0 bridgehead atoms. The molecule has 0 amide bonds. The monoisotopic (exact) mass is 415 g/mol. The van der Waals surface area contributed by atoms with Gasteiger partial charge in [-0.3, -0.25) is 0 Å². The molecule has 0 unspecified atom stereocenters. The van der Waals surface area contributed by atoms with Gasteiger partial charge in [0.1, 0.15) is 17.3 Å². The molecule has 6 nitrogen and oxygen atoms in total. The van der Waals surface area contributed by atoms with Crippen LogP contribution in [0.25, 0.3) is 28.7 Å². The molecule has 0 N–H and O–H groups in total. The Hall–Kier alpha value is -4.20. The fraction of sp³-hybridized carbons (Fsp3) is 0.0435. The molecule has 31 heavy (non-hydrogen) atoms. The van der Waals surface area contributed by atoms with Crippen molar-refractivity contribution in [3.63, 3.8) is 0 Å². The molecule has 0 saturated carbocycles. The molecule has 0 spiro atoms. The van der Waals surface area contributed by atoms with Crippen molar-refractivity contribution in [3.8, 4) is 28.7 Å². The van der Waals surface area contributed by atoms with Gasteiger partial charge in [-0.15, -0.1) is 5.10 Å². The summed E-state index contributed by atoms with van der Waals surface area (Å²) in [6, 6.07) is 22.1. The van der Waals surface area contributed by atoms with E-state index < -0.39 is 11.6 Å². The van der Waals surface area contributed by atoms with Gasteiger partial charge in [0, 0.05) is 6.42 Å². The highest BCUT2D eigenvalue weighted by molar-refractivity contribution is 5.60. The Morgan fingerprint density at radius 2 is 1.52 bits per heavy atom. The molecule has 0 aliphatic rings. The highest BCUT2D eigenvalue weighted by Crippen LogP contribution is 2.28. The standard InChI is InChI=1S/C23H15F2N5O/c24-17-11-5-4-10-16(17)22-26-23(31-28-22)21-20(14-15-8-2-1-3-9-15)30(29-27-21)19-13-7-6-12-18(19)25/h1-13H,14H2. The van der Waals surface area contributed by atoms with Gasteiger partial charge in [0.05, 0.1) is 11.3 Å². The van der Waals surface area contributed by atoms with Gasteiger partial charge in [-0.05, 0) is 29.8 Å². The quantitative estimate of drug-likeness (QED) is 0.410. The van der Waals surface area contributed by atoms with Crippen LogP contribution in [0.15, 0.2) is 83.4 Å². The molecule has 2 heterocycles. The number of nitrogens with zero attached hydrogens (tertiary/aromatic N) is 5. The summed E-state index contributed by atoms with van der Waals surface area (Å²) in [5.41, 5.74) is 2.31. The van der Waals surface area contributed by atoms with Gasteiger partial charge in [-0.1, -0.05) is 65.0 Å². The molecule has 0 aliphatic carbocycles. The first-order chi connectivity index (χ1) is 15.2. The summed E-state index contributed by atoms with van der Waals surface area (Å²) >= 11 is 0. The van der Waals surface area contributed by atoms with Crippen LogP contribution in [0.2, 0.25) is 0 Å². The van der Waals surface area contributed by atoms with Crippen molar-refractivity contribution in [1.82, 2.24) is 25.1 Å². The second kappa shape index (κ2) is 7.91. The lowest BCUT2D eigenvalue weighted by molar-refractivity contribution is 0.430. The zero-order chi connectivity index (χ0) is 21.2. The summed E-state index contributed by atoms with van der Waals surface area (Å²) in [5.74, 6) is -0.730. The third-order valence-electron chi connectivity index (χ3n) is 4.80. The van der Waals surface area contributed by atoms with Crippen LogP contribution in [0.4, 0.5) is 8.78 Å². The Kier molecular flexibility index (Phi) is 4.80. The maximum Gasteiger partial charge on any atom is 0.280 e. The number of hydrogen-bond acceptors (Lipinski definition) is 5. The van der Waals surface area contributed by atoms with E-state index in [1.807, 2.05) is 30.3 Å². The summed E-state index contributed by atoms with van der Waals surface area (Å²) in [4.78, 5) is 4.32. The minimum Gasteiger partial charge on any atom is -0.332 e. The second-order valence-electron chi connectivity index (χ2n) is 6.81. The van der Waals surface area contributed by atoms with E-state index in [4.69, 9.17) is 4.52 Å². The number of rotatable bonds is 5. The van der Waals surface area contributed by atoms with E-state index in [-0.39, 0.29) is 23.0 Å². The van der Waals surface area contributed by atoms with Crippen molar-refractivity contribution in [2.45, 2.75) is 6.42 Å². The van der Waals surface area contributed by atoms with Crippen LogP contribution in [-0.4, -0.2) is 25.1 Å². The van der Waals surface area contributed by atoms with E-state index >= 15 is 0 Å². The molecule has 0 radical (unpaired) electrons. The summed E-state index contributed by atoms with van der Waals surface area (Å²) < 4.78 is 35.4. The van der Waals surface area contributed by atoms with Gasteiger partial charge in [0.25, 0.3) is 5.89 Å². The van der Waals surface area contributed by atoms with Gasteiger partial charge in [0.15, 0.2) is 5.69 Å². The van der Waals surface area contributed by atoms with Crippen LogP contribution in [-0.2, 0) is 6.42 Å². The van der Waals surface area contributed by atoms with Crippen LogP contribution < -0.4 is 0 Å². The van der Waals surface area contributed by atoms with Gasteiger partial charge >= 0.3 is 0 Å². The smallest absolute Gasteiger partial charge is 0.280 e. The molecule has 5 aromatic rings. The number of hydrogen-bond donors (Lipinski definition) is 0. The van der Waals surface area contributed by atoms with Crippen molar-refractivity contribution in [3.05, 3.63) is 102 Å². The van der Waals surface area contributed by atoms with Gasteiger partial charge in [-0.25, -0.2) is 13.5 Å². The number of aromatic nitrogens is 5. The van der Waals surface area contributed by atoms with E-state index in [2.05, 4.69) is 20.5 Å². The van der Waals surface area contributed by atoms with Crippen LogP contribution in [0.1, 0.15) is 11.3 Å². The SMILES string of the molecule is Fc1ccccc1-c1noc(-c2nnn(-c3ccccc3F)c2Cc2ccccc2)n1. The lowest BCUT2D eigenvalue weighted by atomic mass is 10.1. The van der Waals surface area contributed by atoms with Crippen molar-refractivity contribution in [2.24, 2.45) is 0 Å². The van der Waals surface area contributed by atoms with E-state index in [0.29, 0.717) is 17.8 Å². The molecule has 152 valence electrons. The first-order valence-electron chi connectivity index (χ1n) is 9.53. The van der Waals surface area contributed by atoms with E-state index in [1.54, 1.807) is 36.4 Å². The van der Waals surface area contributed by atoms with Gasteiger partial charge in [0.2, 0.25) is 5.82 Å². The lowest BCUT2D eigenvalue weighted by Gasteiger charge is -2.08. The minimum absolute atomic E-state index is 0.0757. The maximum absolute atomic E-state index is 14.5. The normalized spacial score (nSPS) is 11.0. The van der Waals surface area contributed by atoms with Crippen molar-refractivity contribution in [1.29, 1.82) is 0 Å². The molecule has 2 aromatic heterocycles. The Balaban J connectivity index is 1.63. The predicted molar refractivity (Wildman–Crippen MR) is 109 cm³/mol. The number of para-hydroxylation sites is 1. The van der Waals surface area contributed by atoms with Crippen molar-refractivity contribution >= 4 is 0 Å². The van der Waals surface area contributed by atoms with E-state index in [1.165, 1.54) is 16.8 Å². The van der Waals surface area contributed by atoms with Crippen LogP contribution in [0, 0.1) is 11.6 Å². The lowest BCUT2D eigenvalue weighted by Crippen LogP contribution is -2.06. The number of benzene rings is 3. The van der Waals surface area contributed by atoms with Gasteiger partial charge < -0.3 is 4.52 Å². The first kappa shape index (κ1) is 18.8. The summed E-state index contributed by atoms with van der Waals surface area (Å²) in [5, 5.41) is 12.2. The summed E-state index contributed by atoms with van der Waals surface area (Å²) in [6.07, 6.45) is 0.398. The van der Waals surface area contributed by atoms with Gasteiger partial charge in [-0.2, -0.15) is 4.98 Å². The topological polar surface area (TPSA) is 69.6 Å². The zero-order valence-electron chi connectivity index (χ0n) is 16.1. The Morgan fingerprint density at radius 3 is 2.29 bits per heavy atom. The summed E-state index contributed by atoms with van der Waals surface area (Å²) in [7, 11) is 0. The molecule has 3 aromatic carbocycles. The Bertz CT molecular complexity index is 1350. The fourth-order valence-electron chi connectivity index (χ4n) is 3.30. The molecule has 0 atom stereocenters. The average molecular weight is 415 g/mol.